The Kier molecular flexibility index (Phi) is 3.13. The van der Waals surface area contributed by atoms with Gasteiger partial charge in [-0.2, -0.15) is 0 Å². The van der Waals surface area contributed by atoms with E-state index in [9.17, 15) is 4.79 Å². The molecule has 0 bridgehead atoms. The Morgan fingerprint density at radius 1 is 1.05 bits per heavy atom. The van der Waals surface area contributed by atoms with Crippen LogP contribution >= 0.6 is 0 Å². The van der Waals surface area contributed by atoms with Crippen molar-refractivity contribution < 1.29 is 9.53 Å². The number of carbonyl (C=O) groups is 1. The number of ether oxygens (including phenoxy) is 1. The molecule has 100 valence electrons. The van der Waals surface area contributed by atoms with Crippen LogP contribution in [0.15, 0.2) is 60.8 Å². The summed E-state index contributed by atoms with van der Waals surface area (Å²) >= 11 is 0. The predicted octanol–water partition coefficient (Wildman–Crippen LogP) is 3.35. The maximum absolute atomic E-state index is 11.2. The zero-order valence-electron chi connectivity index (χ0n) is 10.7. The van der Waals surface area contributed by atoms with Crippen LogP contribution in [0.4, 0.5) is 4.79 Å². The van der Waals surface area contributed by atoms with Crippen LogP contribution in [0.25, 0.3) is 10.9 Å². The van der Waals surface area contributed by atoms with E-state index in [-0.39, 0.29) is 0 Å². The molecule has 1 amide bonds. The van der Waals surface area contributed by atoms with E-state index in [4.69, 9.17) is 10.5 Å². The number of hydrogen-bond acceptors (Lipinski definition) is 2. The van der Waals surface area contributed by atoms with Crippen LogP contribution in [0.3, 0.4) is 0 Å². The molecular weight excluding hydrogens is 252 g/mol. The fourth-order valence-electron chi connectivity index (χ4n) is 2.38. The van der Waals surface area contributed by atoms with E-state index >= 15 is 0 Å². The molecule has 2 aromatic carbocycles. The molecule has 4 nitrogen and oxygen atoms in total. The minimum atomic E-state index is -0.789. The molecule has 0 fully saturated rings. The number of aromatic amines is 1. The van der Waals surface area contributed by atoms with Gasteiger partial charge >= 0.3 is 6.09 Å². The van der Waals surface area contributed by atoms with Gasteiger partial charge in [-0.3, -0.25) is 0 Å². The Labute approximate surface area is 116 Å². The van der Waals surface area contributed by atoms with Gasteiger partial charge in [0, 0.05) is 11.8 Å². The highest BCUT2D eigenvalue weighted by atomic mass is 16.6. The van der Waals surface area contributed by atoms with E-state index in [0.717, 1.165) is 22.0 Å². The van der Waals surface area contributed by atoms with E-state index in [1.54, 1.807) is 0 Å². The maximum Gasteiger partial charge on any atom is 0.405 e. The third-order valence-corrected chi connectivity index (χ3v) is 3.24. The molecule has 1 aromatic heterocycles. The summed E-state index contributed by atoms with van der Waals surface area (Å²) in [7, 11) is 0. The van der Waals surface area contributed by atoms with Gasteiger partial charge in [0.15, 0.2) is 6.10 Å². The van der Waals surface area contributed by atoms with Gasteiger partial charge in [-0.1, -0.05) is 48.5 Å². The Balaban J connectivity index is 2.14. The third-order valence-electron chi connectivity index (χ3n) is 3.24. The first-order chi connectivity index (χ1) is 9.75. The summed E-state index contributed by atoms with van der Waals surface area (Å²) in [6.45, 7) is 0. The number of nitrogens with two attached hydrogens (primary N) is 1. The van der Waals surface area contributed by atoms with Crippen molar-refractivity contribution >= 4 is 17.0 Å². The van der Waals surface area contributed by atoms with Crippen LogP contribution < -0.4 is 5.73 Å². The lowest BCUT2D eigenvalue weighted by Gasteiger charge is -2.18. The molecule has 20 heavy (non-hydrogen) atoms. The lowest BCUT2D eigenvalue weighted by atomic mass is 9.99. The number of para-hydroxylation sites is 1. The third kappa shape index (κ3) is 2.23. The average molecular weight is 266 g/mol. The normalized spacial score (nSPS) is 12.2. The van der Waals surface area contributed by atoms with Gasteiger partial charge < -0.3 is 15.5 Å². The number of carbonyl (C=O) groups excluding carboxylic acids is 1. The number of benzene rings is 2. The lowest BCUT2D eigenvalue weighted by Crippen LogP contribution is -2.18. The van der Waals surface area contributed by atoms with Crippen LogP contribution in [0.5, 0.6) is 0 Å². The van der Waals surface area contributed by atoms with Crippen molar-refractivity contribution in [3.05, 3.63) is 71.9 Å². The average Bonchev–Trinajstić information content (AvgIpc) is 2.94. The van der Waals surface area contributed by atoms with Gasteiger partial charge in [-0.15, -0.1) is 0 Å². The fraction of sp³-hybridized carbons (Fsp3) is 0.0625. The van der Waals surface area contributed by atoms with Crippen LogP contribution in [-0.2, 0) is 4.74 Å². The van der Waals surface area contributed by atoms with Gasteiger partial charge in [0.2, 0.25) is 0 Å². The number of rotatable bonds is 3. The molecule has 0 aliphatic rings. The minimum Gasteiger partial charge on any atom is -0.436 e. The molecule has 3 N–H and O–H groups in total. The summed E-state index contributed by atoms with van der Waals surface area (Å²) in [5.74, 6) is 0. The van der Waals surface area contributed by atoms with Crippen LogP contribution in [0, 0.1) is 0 Å². The molecule has 0 spiro atoms. The first-order valence-electron chi connectivity index (χ1n) is 6.33. The number of fused-ring (bicyclic) bond motifs is 1. The first kappa shape index (κ1) is 12.3. The van der Waals surface area contributed by atoms with Crippen molar-refractivity contribution in [1.82, 2.24) is 4.98 Å². The van der Waals surface area contributed by atoms with E-state index in [0.29, 0.717) is 0 Å². The summed E-state index contributed by atoms with van der Waals surface area (Å²) in [6, 6.07) is 17.4. The van der Waals surface area contributed by atoms with Crippen molar-refractivity contribution in [2.24, 2.45) is 5.73 Å². The van der Waals surface area contributed by atoms with Crippen LogP contribution in [-0.4, -0.2) is 11.1 Å². The fourth-order valence-corrected chi connectivity index (χ4v) is 2.38. The summed E-state index contributed by atoms with van der Waals surface area (Å²) in [5, 5.41) is 1.07. The minimum absolute atomic E-state index is 0.518. The molecule has 0 aliphatic heterocycles. The Morgan fingerprint density at radius 3 is 2.60 bits per heavy atom. The highest BCUT2D eigenvalue weighted by molar-refractivity contribution is 5.83. The number of primary amides is 1. The maximum atomic E-state index is 11.2. The molecule has 0 radical (unpaired) electrons. The van der Waals surface area contributed by atoms with Crippen molar-refractivity contribution in [3.8, 4) is 0 Å². The molecule has 3 rings (SSSR count). The number of aromatic nitrogens is 1. The van der Waals surface area contributed by atoms with Gasteiger partial charge in [0.25, 0.3) is 0 Å². The Hall–Kier alpha value is -2.75. The van der Waals surface area contributed by atoms with E-state index in [1.807, 2.05) is 60.8 Å². The molecule has 4 heteroatoms. The van der Waals surface area contributed by atoms with Crippen LogP contribution in [0.1, 0.15) is 17.2 Å². The summed E-state index contributed by atoms with van der Waals surface area (Å²) < 4.78 is 5.32. The molecule has 1 heterocycles. The standard InChI is InChI=1S/C16H14N2O2/c17-16(19)20-15(12-5-2-1-3-6-12)13-8-4-7-11-9-10-18-14(11)13/h1-10,15,18H,(H2,17,19). The highest BCUT2D eigenvalue weighted by Gasteiger charge is 2.20. The van der Waals surface area contributed by atoms with Gasteiger partial charge in [-0.25, -0.2) is 4.79 Å². The largest absolute Gasteiger partial charge is 0.436 e. The number of nitrogens with one attached hydrogen (secondary N) is 1. The molecule has 0 saturated heterocycles. The predicted molar refractivity (Wildman–Crippen MR) is 77.3 cm³/mol. The van der Waals surface area contributed by atoms with Crippen molar-refractivity contribution in [2.45, 2.75) is 6.10 Å². The van der Waals surface area contributed by atoms with E-state index < -0.39 is 12.2 Å². The smallest absolute Gasteiger partial charge is 0.405 e. The summed E-state index contributed by atoms with van der Waals surface area (Å²) in [6.07, 6.45) is 0.555. The zero-order valence-corrected chi connectivity index (χ0v) is 10.7. The number of amides is 1. The lowest BCUT2D eigenvalue weighted by molar-refractivity contribution is 0.127. The topological polar surface area (TPSA) is 68.1 Å². The molecule has 0 saturated carbocycles. The molecule has 1 unspecified atom stereocenters. The monoisotopic (exact) mass is 266 g/mol. The van der Waals surface area contributed by atoms with Gasteiger partial charge in [-0.05, 0) is 17.0 Å². The number of H-pyrrole nitrogens is 1. The molecular formula is C16H14N2O2. The first-order valence-corrected chi connectivity index (χ1v) is 6.33. The second-order valence-electron chi connectivity index (χ2n) is 4.52. The van der Waals surface area contributed by atoms with Crippen LogP contribution in [0.2, 0.25) is 0 Å². The van der Waals surface area contributed by atoms with Crippen molar-refractivity contribution in [3.63, 3.8) is 0 Å². The molecule has 1 atom stereocenters. The van der Waals surface area contributed by atoms with Crippen molar-refractivity contribution in [1.29, 1.82) is 0 Å². The van der Waals surface area contributed by atoms with Gasteiger partial charge in [0.05, 0.1) is 5.52 Å². The van der Waals surface area contributed by atoms with Crippen molar-refractivity contribution in [2.75, 3.05) is 0 Å². The zero-order chi connectivity index (χ0) is 13.9. The Bertz CT molecular complexity index is 734. The Morgan fingerprint density at radius 2 is 1.85 bits per heavy atom. The van der Waals surface area contributed by atoms with E-state index in [1.165, 1.54) is 0 Å². The quantitative estimate of drug-likeness (QED) is 0.763. The highest BCUT2D eigenvalue weighted by Crippen LogP contribution is 2.30. The SMILES string of the molecule is NC(=O)OC(c1ccccc1)c1cccc2cc[nH]c12. The summed E-state index contributed by atoms with van der Waals surface area (Å²) in [4.78, 5) is 14.4. The molecule has 3 aromatic rings. The summed E-state index contributed by atoms with van der Waals surface area (Å²) in [5.41, 5.74) is 7.93. The number of hydrogen-bond donors (Lipinski definition) is 2. The second-order valence-corrected chi connectivity index (χ2v) is 4.52. The van der Waals surface area contributed by atoms with E-state index in [2.05, 4.69) is 4.98 Å². The molecule has 0 aliphatic carbocycles. The van der Waals surface area contributed by atoms with Gasteiger partial charge in [0.1, 0.15) is 0 Å². The second kappa shape index (κ2) is 5.09.